The molecule has 0 saturated heterocycles. The Labute approximate surface area is 122 Å². The van der Waals surface area contributed by atoms with Crippen LogP contribution in [0, 0.1) is 27.4 Å². The van der Waals surface area contributed by atoms with E-state index >= 15 is 0 Å². The minimum atomic E-state index is -0.983. The fourth-order valence-electron chi connectivity index (χ4n) is 1.46. The first kappa shape index (κ1) is 16.4. The van der Waals surface area contributed by atoms with Gasteiger partial charge in [0.25, 0.3) is 11.6 Å². The number of non-ortho nitro benzene ring substituents is 1. The first-order valence-corrected chi connectivity index (χ1v) is 6.38. The van der Waals surface area contributed by atoms with Gasteiger partial charge >= 0.3 is 0 Å². The molecule has 1 atom stereocenters. The average molecular weight is 291 g/mol. The summed E-state index contributed by atoms with van der Waals surface area (Å²) in [5.74, 6) is -0.300. The number of nitriles is 1. The van der Waals surface area contributed by atoms with Crippen molar-refractivity contribution >= 4 is 11.6 Å². The van der Waals surface area contributed by atoms with Crippen molar-refractivity contribution in [1.82, 2.24) is 5.32 Å². The van der Waals surface area contributed by atoms with E-state index in [1.54, 1.807) is 6.92 Å². The van der Waals surface area contributed by atoms with Crippen molar-refractivity contribution < 1.29 is 14.5 Å². The smallest absolute Gasteiger partial charge is 0.273 e. The van der Waals surface area contributed by atoms with E-state index in [2.05, 4.69) is 11.4 Å². The van der Waals surface area contributed by atoms with Crippen molar-refractivity contribution in [1.29, 1.82) is 5.26 Å². The summed E-state index contributed by atoms with van der Waals surface area (Å²) < 4.78 is 5.20. The molecule has 0 heterocycles. The summed E-state index contributed by atoms with van der Waals surface area (Å²) in [6, 6.07) is 7.61. The van der Waals surface area contributed by atoms with Crippen LogP contribution in [0.1, 0.15) is 20.8 Å². The van der Waals surface area contributed by atoms with E-state index in [9.17, 15) is 14.9 Å². The lowest BCUT2D eigenvalue weighted by atomic mass is 9.90. The Morgan fingerprint density at radius 1 is 1.57 bits per heavy atom. The number of amides is 1. The van der Waals surface area contributed by atoms with Gasteiger partial charge in [0.15, 0.2) is 6.61 Å². The van der Waals surface area contributed by atoms with Gasteiger partial charge in [-0.3, -0.25) is 14.9 Å². The molecule has 0 unspecified atom stereocenters. The van der Waals surface area contributed by atoms with E-state index in [1.165, 1.54) is 24.3 Å². The van der Waals surface area contributed by atoms with Gasteiger partial charge in [-0.05, 0) is 18.9 Å². The predicted octanol–water partition coefficient (Wildman–Crippen LogP) is 2.03. The summed E-state index contributed by atoms with van der Waals surface area (Å²) in [4.78, 5) is 21.9. The molecule has 112 valence electrons. The normalized spacial score (nSPS) is 13.1. The van der Waals surface area contributed by atoms with Crippen LogP contribution in [0.3, 0.4) is 0 Å². The molecule has 7 heteroatoms. The number of hydrogen-bond donors (Lipinski definition) is 1. The lowest BCUT2D eigenvalue weighted by Gasteiger charge is -2.27. The molecule has 1 aromatic carbocycles. The standard InChI is InChI=1S/C14H17N3O4/c1-10(2)14(3,9-15)16-13(18)8-21-12-6-4-5-11(7-12)17(19)20/h4-7,10H,8H2,1-3H3,(H,16,18)/t14-/m1/s1. The molecule has 7 nitrogen and oxygen atoms in total. The fourth-order valence-corrected chi connectivity index (χ4v) is 1.46. The molecule has 1 rings (SSSR count). The third kappa shape index (κ3) is 4.45. The molecular formula is C14H17N3O4. The topological polar surface area (TPSA) is 105 Å². The van der Waals surface area contributed by atoms with Crippen molar-refractivity contribution in [3.05, 3.63) is 34.4 Å². The van der Waals surface area contributed by atoms with Crippen molar-refractivity contribution in [3.63, 3.8) is 0 Å². The minimum absolute atomic E-state index is 0.0655. The predicted molar refractivity (Wildman–Crippen MR) is 75.6 cm³/mol. The van der Waals surface area contributed by atoms with Crippen LogP contribution in [0.4, 0.5) is 5.69 Å². The summed E-state index contributed by atoms with van der Waals surface area (Å²) in [7, 11) is 0. The van der Waals surface area contributed by atoms with Gasteiger partial charge in [-0.25, -0.2) is 0 Å². The number of nitro benzene ring substituents is 1. The second kappa shape index (κ2) is 6.70. The Bertz CT molecular complexity index is 580. The van der Waals surface area contributed by atoms with Gasteiger partial charge in [-0.15, -0.1) is 0 Å². The summed E-state index contributed by atoms with van der Waals surface area (Å²) in [5.41, 5.74) is -1.10. The molecule has 1 N–H and O–H groups in total. The number of hydrogen-bond acceptors (Lipinski definition) is 5. The van der Waals surface area contributed by atoms with Crippen LogP contribution in [0.25, 0.3) is 0 Å². The molecule has 0 radical (unpaired) electrons. The van der Waals surface area contributed by atoms with Crippen LogP contribution in [-0.4, -0.2) is 23.0 Å². The lowest BCUT2D eigenvalue weighted by molar-refractivity contribution is -0.384. The summed E-state index contributed by atoms with van der Waals surface area (Å²) in [6.45, 7) is 4.96. The molecule has 0 bridgehead atoms. The third-order valence-electron chi connectivity index (χ3n) is 3.18. The number of nitrogens with one attached hydrogen (secondary N) is 1. The van der Waals surface area contributed by atoms with E-state index in [4.69, 9.17) is 10.00 Å². The summed E-state index contributed by atoms with van der Waals surface area (Å²) >= 11 is 0. The fraction of sp³-hybridized carbons (Fsp3) is 0.429. The highest BCUT2D eigenvalue weighted by molar-refractivity contribution is 5.78. The van der Waals surface area contributed by atoms with Crippen molar-refractivity contribution in [2.45, 2.75) is 26.3 Å². The van der Waals surface area contributed by atoms with E-state index in [1.807, 2.05) is 13.8 Å². The zero-order valence-electron chi connectivity index (χ0n) is 12.1. The van der Waals surface area contributed by atoms with Gasteiger partial charge in [-0.1, -0.05) is 19.9 Å². The number of benzene rings is 1. The van der Waals surface area contributed by atoms with Gasteiger partial charge in [0.05, 0.1) is 17.1 Å². The van der Waals surface area contributed by atoms with Crippen LogP contribution >= 0.6 is 0 Å². The van der Waals surface area contributed by atoms with E-state index < -0.39 is 16.4 Å². The van der Waals surface area contributed by atoms with Gasteiger partial charge in [-0.2, -0.15) is 5.26 Å². The molecule has 21 heavy (non-hydrogen) atoms. The lowest BCUT2D eigenvalue weighted by Crippen LogP contribution is -2.50. The second-order valence-corrected chi connectivity index (χ2v) is 5.06. The number of carbonyl (C=O) groups excluding carboxylic acids is 1. The molecule has 1 amide bonds. The van der Waals surface area contributed by atoms with Crippen LogP contribution in [0.15, 0.2) is 24.3 Å². The Balaban J connectivity index is 2.64. The van der Waals surface area contributed by atoms with Crippen LogP contribution in [-0.2, 0) is 4.79 Å². The molecule has 0 fully saturated rings. The maximum absolute atomic E-state index is 11.8. The maximum atomic E-state index is 11.8. The van der Waals surface area contributed by atoms with E-state index in [0.29, 0.717) is 0 Å². The first-order chi connectivity index (χ1) is 9.78. The Morgan fingerprint density at radius 2 is 2.24 bits per heavy atom. The molecule has 0 aliphatic carbocycles. The average Bonchev–Trinajstić information content (AvgIpc) is 2.45. The van der Waals surface area contributed by atoms with Crippen molar-refractivity contribution in [2.75, 3.05) is 6.61 Å². The number of nitro groups is 1. The highest BCUT2D eigenvalue weighted by Crippen LogP contribution is 2.19. The van der Waals surface area contributed by atoms with Gasteiger partial charge in [0.1, 0.15) is 11.3 Å². The molecule has 0 saturated carbocycles. The Hall–Kier alpha value is -2.62. The molecular weight excluding hydrogens is 274 g/mol. The second-order valence-electron chi connectivity index (χ2n) is 5.06. The van der Waals surface area contributed by atoms with Gasteiger partial charge in [0, 0.05) is 6.07 Å². The number of carbonyl (C=O) groups is 1. The van der Waals surface area contributed by atoms with Crippen molar-refractivity contribution in [2.24, 2.45) is 5.92 Å². The minimum Gasteiger partial charge on any atom is -0.484 e. The highest BCUT2D eigenvalue weighted by atomic mass is 16.6. The Kier molecular flexibility index (Phi) is 5.24. The van der Waals surface area contributed by atoms with Gasteiger partial charge in [0.2, 0.25) is 0 Å². The Morgan fingerprint density at radius 3 is 2.76 bits per heavy atom. The van der Waals surface area contributed by atoms with Gasteiger partial charge < -0.3 is 10.1 Å². The first-order valence-electron chi connectivity index (χ1n) is 6.38. The molecule has 1 aromatic rings. The summed E-state index contributed by atoms with van der Waals surface area (Å²) in [6.07, 6.45) is 0. The van der Waals surface area contributed by atoms with E-state index in [-0.39, 0.29) is 24.0 Å². The number of nitrogens with zero attached hydrogens (tertiary/aromatic N) is 2. The SMILES string of the molecule is CC(C)[C@@](C)(C#N)NC(=O)COc1cccc([N+](=O)[O-])c1. The molecule has 0 aliphatic heterocycles. The quantitative estimate of drug-likeness (QED) is 0.637. The third-order valence-corrected chi connectivity index (χ3v) is 3.18. The van der Waals surface area contributed by atoms with Crippen LogP contribution < -0.4 is 10.1 Å². The number of rotatable bonds is 6. The zero-order valence-corrected chi connectivity index (χ0v) is 12.1. The monoisotopic (exact) mass is 291 g/mol. The molecule has 0 spiro atoms. The molecule has 0 aromatic heterocycles. The van der Waals surface area contributed by atoms with Crippen LogP contribution in [0.5, 0.6) is 5.75 Å². The van der Waals surface area contributed by atoms with Crippen LogP contribution in [0.2, 0.25) is 0 Å². The summed E-state index contributed by atoms with van der Waals surface area (Å²) in [5, 5.41) is 22.3. The molecule has 0 aliphatic rings. The maximum Gasteiger partial charge on any atom is 0.273 e. The largest absolute Gasteiger partial charge is 0.484 e. The highest BCUT2D eigenvalue weighted by Gasteiger charge is 2.30. The number of ether oxygens (including phenoxy) is 1. The van der Waals surface area contributed by atoms with E-state index in [0.717, 1.165) is 0 Å². The van der Waals surface area contributed by atoms with Crippen molar-refractivity contribution in [3.8, 4) is 11.8 Å². The zero-order chi connectivity index (χ0) is 16.0.